The number of hydrogen-bond donors (Lipinski definition) is 2. The minimum atomic E-state index is -0.328. The van der Waals surface area contributed by atoms with Crippen molar-refractivity contribution in [3.63, 3.8) is 0 Å². The van der Waals surface area contributed by atoms with Crippen LogP contribution in [-0.2, 0) is 11.8 Å². The van der Waals surface area contributed by atoms with Crippen LogP contribution in [0.5, 0.6) is 5.75 Å². The topological polar surface area (TPSA) is 112 Å². The Bertz CT molecular complexity index is 1160. The van der Waals surface area contributed by atoms with Crippen LogP contribution < -0.4 is 5.56 Å². The molecule has 0 radical (unpaired) electrons. The predicted molar refractivity (Wildman–Crippen MR) is 109 cm³/mol. The summed E-state index contributed by atoms with van der Waals surface area (Å²) in [4.78, 5) is 43.5. The van der Waals surface area contributed by atoms with E-state index >= 15 is 0 Å². The molecule has 1 saturated heterocycles. The fourth-order valence-corrected chi connectivity index (χ4v) is 4.67. The molecule has 1 unspecified atom stereocenters. The van der Waals surface area contributed by atoms with Crippen molar-refractivity contribution >= 4 is 5.91 Å². The average Bonchev–Trinajstić information content (AvgIpc) is 3.12. The summed E-state index contributed by atoms with van der Waals surface area (Å²) in [6.45, 7) is 1.14. The van der Waals surface area contributed by atoms with Crippen LogP contribution >= 0.6 is 0 Å². The Morgan fingerprint density at radius 3 is 2.87 bits per heavy atom. The second kappa shape index (κ2) is 7.05. The Labute approximate surface area is 172 Å². The van der Waals surface area contributed by atoms with E-state index in [1.54, 1.807) is 17.3 Å². The molecule has 5 rings (SSSR count). The zero-order chi connectivity index (χ0) is 20.7. The van der Waals surface area contributed by atoms with Crippen LogP contribution in [0.15, 0.2) is 47.7 Å². The van der Waals surface area contributed by atoms with Gasteiger partial charge in [0.2, 0.25) is 0 Å². The summed E-state index contributed by atoms with van der Waals surface area (Å²) in [6.07, 6.45) is 7.80. The van der Waals surface area contributed by atoms with Crippen molar-refractivity contribution in [1.82, 2.24) is 24.8 Å². The first-order chi connectivity index (χ1) is 14.6. The predicted octanol–water partition coefficient (Wildman–Crippen LogP) is 2.05. The molecule has 3 aromatic rings. The SMILES string of the molecule is O=C(c1ccc(O)cn1)N1CCCC2(CCc3c2nc(-c2cccnc2)[nH]c3=O)C1. The van der Waals surface area contributed by atoms with Gasteiger partial charge in [0.25, 0.3) is 11.5 Å². The van der Waals surface area contributed by atoms with E-state index < -0.39 is 0 Å². The highest BCUT2D eigenvalue weighted by Crippen LogP contribution is 2.43. The number of carbonyl (C=O) groups is 1. The number of nitrogens with one attached hydrogen (secondary N) is 1. The zero-order valence-corrected chi connectivity index (χ0v) is 16.3. The number of pyridine rings is 2. The van der Waals surface area contributed by atoms with E-state index in [0.717, 1.165) is 36.1 Å². The molecule has 1 spiro atoms. The number of fused-ring (bicyclic) bond motifs is 2. The largest absolute Gasteiger partial charge is 0.506 e. The maximum absolute atomic E-state index is 13.0. The number of H-pyrrole nitrogens is 1. The van der Waals surface area contributed by atoms with Crippen molar-refractivity contribution in [3.8, 4) is 17.1 Å². The molecule has 2 N–H and O–H groups in total. The molecule has 8 nitrogen and oxygen atoms in total. The highest BCUT2D eigenvalue weighted by molar-refractivity contribution is 5.92. The third kappa shape index (κ3) is 3.04. The first-order valence-corrected chi connectivity index (χ1v) is 10.0. The summed E-state index contributed by atoms with van der Waals surface area (Å²) in [5.74, 6) is 0.370. The first kappa shape index (κ1) is 18.5. The van der Waals surface area contributed by atoms with Crippen LogP contribution in [0.4, 0.5) is 0 Å². The van der Waals surface area contributed by atoms with Gasteiger partial charge < -0.3 is 15.0 Å². The number of aromatic hydroxyl groups is 1. The molecule has 0 aromatic carbocycles. The lowest BCUT2D eigenvalue weighted by molar-refractivity contribution is 0.0627. The summed E-state index contributed by atoms with van der Waals surface area (Å²) < 4.78 is 0. The van der Waals surface area contributed by atoms with Gasteiger partial charge >= 0.3 is 0 Å². The van der Waals surface area contributed by atoms with Gasteiger partial charge in [0.1, 0.15) is 17.3 Å². The minimum Gasteiger partial charge on any atom is -0.506 e. The molecule has 1 amide bonds. The summed E-state index contributed by atoms with van der Waals surface area (Å²) in [5, 5.41) is 9.44. The molecule has 152 valence electrons. The van der Waals surface area contributed by atoms with Crippen molar-refractivity contribution < 1.29 is 9.90 Å². The Hall–Kier alpha value is -3.55. The molecule has 0 saturated carbocycles. The number of amides is 1. The van der Waals surface area contributed by atoms with Gasteiger partial charge in [-0.05, 0) is 49.9 Å². The van der Waals surface area contributed by atoms with E-state index in [-0.39, 0.29) is 22.6 Å². The number of piperidine rings is 1. The number of nitrogens with zero attached hydrogens (tertiary/aromatic N) is 4. The van der Waals surface area contributed by atoms with Gasteiger partial charge in [0.15, 0.2) is 0 Å². The fourth-order valence-electron chi connectivity index (χ4n) is 4.67. The smallest absolute Gasteiger partial charge is 0.272 e. The van der Waals surface area contributed by atoms with Crippen LogP contribution in [0.3, 0.4) is 0 Å². The molecule has 1 atom stereocenters. The van der Waals surface area contributed by atoms with Crippen molar-refractivity contribution in [2.24, 2.45) is 0 Å². The normalized spacial score (nSPS) is 20.3. The molecule has 2 aliphatic rings. The van der Waals surface area contributed by atoms with Gasteiger partial charge in [-0.1, -0.05) is 0 Å². The average molecular weight is 403 g/mol. The number of rotatable bonds is 2. The van der Waals surface area contributed by atoms with Crippen LogP contribution in [-0.4, -0.2) is 48.9 Å². The molecular formula is C22H21N5O3. The van der Waals surface area contributed by atoms with Gasteiger partial charge in [0, 0.05) is 42.0 Å². The van der Waals surface area contributed by atoms with E-state index in [4.69, 9.17) is 4.98 Å². The van der Waals surface area contributed by atoms with Crippen LogP contribution in [0, 0.1) is 0 Å². The van der Waals surface area contributed by atoms with Gasteiger partial charge in [-0.15, -0.1) is 0 Å². The Kier molecular flexibility index (Phi) is 4.34. The monoisotopic (exact) mass is 403 g/mol. The van der Waals surface area contributed by atoms with Gasteiger partial charge in [-0.25, -0.2) is 9.97 Å². The highest BCUT2D eigenvalue weighted by atomic mass is 16.3. The molecular weight excluding hydrogens is 382 g/mol. The van der Waals surface area contributed by atoms with Crippen LogP contribution in [0.1, 0.15) is 41.0 Å². The number of hydrogen-bond acceptors (Lipinski definition) is 6. The van der Waals surface area contributed by atoms with Crippen molar-refractivity contribution in [2.45, 2.75) is 31.1 Å². The Morgan fingerprint density at radius 2 is 2.10 bits per heavy atom. The van der Waals surface area contributed by atoms with E-state index in [1.807, 2.05) is 12.1 Å². The molecule has 1 fully saturated rings. The number of carbonyl (C=O) groups excluding carboxylic acids is 1. The number of likely N-dealkylation sites (tertiary alicyclic amines) is 1. The maximum Gasteiger partial charge on any atom is 0.272 e. The maximum atomic E-state index is 13.0. The van der Waals surface area contributed by atoms with E-state index in [0.29, 0.717) is 31.0 Å². The molecule has 8 heteroatoms. The third-order valence-corrected chi connectivity index (χ3v) is 6.14. The highest BCUT2D eigenvalue weighted by Gasteiger charge is 2.46. The second-order valence-electron chi connectivity index (χ2n) is 8.00. The number of aromatic nitrogens is 4. The van der Waals surface area contributed by atoms with Crippen molar-refractivity contribution in [3.05, 3.63) is 70.2 Å². The molecule has 1 aliphatic heterocycles. The molecule has 1 aliphatic carbocycles. The molecule has 4 heterocycles. The Morgan fingerprint density at radius 1 is 1.20 bits per heavy atom. The van der Waals surface area contributed by atoms with E-state index in [1.165, 1.54) is 18.3 Å². The summed E-state index contributed by atoms with van der Waals surface area (Å²) in [5.41, 5.74) is 2.15. The lowest BCUT2D eigenvalue weighted by Gasteiger charge is -2.40. The van der Waals surface area contributed by atoms with Crippen molar-refractivity contribution in [1.29, 1.82) is 0 Å². The Balaban J connectivity index is 1.50. The molecule has 0 bridgehead atoms. The van der Waals surface area contributed by atoms with Crippen LogP contribution in [0.2, 0.25) is 0 Å². The third-order valence-electron chi connectivity index (χ3n) is 6.14. The zero-order valence-electron chi connectivity index (χ0n) is 16.3. The van der Waals surface area contributed by atoms with Crippen molar-refractivity contribution in [2.75, 3.05) is 13.1 Å². The molecule has 3 aromatic heterocycles. The van der Waals surface area contributed by atoms with E-state index in [2.05, 4.69) is 15.0 Å². The molecule has 30 heavy (non-hydrogen) atoms. The van der Waals surface area contributed by atoms with Gasteiger partial charge in [0.05, 0.1) is 11.9 Å². The van der Waals surface area contributed by atoms with Crippen LogP contribution in [0.25, 0.3) is 11.4 Å². The lowest BCUT2D eigenvalue weighted by Crippen LogP contribution is -2.48. The fraction of sp³-hybridized carbons (Fsp3) is 0.318. The quantitative estimate of drug-likeness (QED) is 0.677. The standard InChI is InChI=1S/C22H21N5O3/c28-15-4-5-17(24-12-15)21(30)27-10-2-7-22(13-27)8-6-16-18(22)25-19(26-20(16)29)14-3-1-9-23-11-14/h1,3-5,9,11-12,28H,2,6-8,10,13H2,(H,25,26,29). The summed E-state index contributed by atoms with van der Waals surface area (Å²) >= 11 is 0. The summed E-state index contributed by atoms with van der Waals surface area (Å²) in [6, 6.07) is 6.67. The minimum absolute atomic E-state index is 0.0257. The first-order valence-electron chi connectivity index (χ1n) is 10.0. The van der Waals surface area contributed by atoms with Gasteiger partial charge in [-0.3, -0.25) is 14.6 Å². The van der Waals surface area contributed by atoms with Gasteiger partial charge in [-0.2, -0.15) is 0 Å². The second-order valence-corrected chi connectivity index (χ2v) is 8.00. The lowest BCUT2D eigenvalue weighted by atomic mass is 9.77. The number of aromatic amines is 1. The van der Waals surface area contributed by atoms with E-state index in [9.17, 15) is 14.7 Å². The summed E-state index contributed by atoms with van der Waals surface area (Å²) in [7, 11) is 0.